The van der Waals surface area contributed by atoms with Gasteiger partial charge < -0.3 is 9.64 Å². The first-order valence-corrected chi connectivity index (χ1v) is 10.4. The minimum Gasteiger partial charge on any atom is -0.444 e. The van der Waals surface area contributed by atoms with E-state index in [0.717, 1.165) is 21.8 Å². The molecule has 5 nitrogen and oxygen atoms in total. The second-order valence-electron chi connectivity index (χ2n) is 8.55. The van der Waals surface area contributed by atoms with Gasteiger partial charge in [-0.15, -0.1) is 11.3 Å². The van der Waals surface area contributed by atoms with Crippen molar-refractivity contribution in [2.75, 3.05) is 13.1 Å². The van der Waals surface area contributed by atoms with E-state index in [4.69, 9.17) is 4.74 Å². The SMILES string of the molecule is CC1CN(Cc2nc3cc(C(F)(F)F)ccc3s2)[C@@H](C)CN1C(=O)OC(C)(C)C. The predicted molar refractivity (Wildman–Crippen MR) is 107 cm³/mol. The van der Waals surface area contributed by atoms with Crippen LogP contribution in [-0.4, -0.2) is 51.7 Å². The van der Waals surface area contributed by atoms with Crippen LogP contribution in [0.5, 0.6) is 0 Å². The Morgan fingerprint density at radius 1 is 1.21 bits per heavy atom. The fourth-order valence-electron chi connectivity index (χ4n) is 3.39. The van der Waals surface area contributed by atoms with Crippen LogP contribution in [0.4, 0.5) is 18.0 Å². The van der Waals surface area contributed by atoms with Gasteiger partial charge in [-0.25, -0.2) is 9.78 Å². The zero-order valence-electron chi connectivity index (χ0n) is 17.2. The molecule has 1 aromatic carbocycles. The number of alkyl halides is 3. The monoisotopic (exact) mass is 429 g/mol. The van der Waals surface area contributed by atoms with Crippen LogP contribution in [0.1, 0.15) is 45.2 Å². The lowest BCUT2D eigenvalue weighted by molar-refractivity contribution is -0.137. The summed E-state index contributed by atoms with van der Waals surface area (Å²) >= 11 is 1.40. The van der Waals surface area contributed by atoms with E-state index >= 15 is 0 Å². The number of hydrogen-bond donors (Lipinski definition) is 0. The highest BCUT2D eigenvalue weighted by Gasteiger charge is 2.35. The third-order valence-electron chi connectivity index (χ3n) is 4.84. The van der Waals surface area contributed by atoms with Crippen molar-refractivity contribution in [2.24, 2.45) is 0 Å². The van der Waals surface area contributed by atoms with Crippen molar-refractivity contribution in [1.29, 1.82) is 0 Å². The van der Waals surface area contributed by atoms with Crippen molar-refractivity contribution in [1.82, 2.24) is 14.8 Å². The van der Waals surface area contributed by atoms with Crippen LogP contribution in [0.25, 0.3) is 10.2 Å². The van der Waals surface area contributed by atoms with Gasteiger partial charge in [0.05, 0.1) is 22.3 Å². The topological polar surface area (TPSA) is 45.7 Å². The second kappa shape index (κ2) is 7.75. The molecular formula is C20H26F3N3O2S. The van der Waals surface area contributed by atoms with E-state index in [1.807, 2.05) is 34.6 Å². The average molecular weight is 430 g/mol. The number of halogens is 3. The Bertz CT molecular complexity index is 891. The maximum atomic E-state index is 12.9. The van der Waals surface area contributed by atoms with Gasteiger partial charge in [-0.3, -0.25) is 4.90 Å². The van der Waals surface area contributed by atoms with Crippen LogP contribution in [0.3, 0.4) is 0 Å². The fraction of sp³-hybridized carbons (Fsp3) is 0.600. The Kier molecular flexibility index (Phi) is 5.84. The van der Waals surface area contributed by atoms with Gasteiger partial charge in [0.15, 0.2) is 0 Å². The number of thiazole rings is 1. The van der Waals surface area contributed by atoms with E-state index in [1.165, 1.54) is 17.4 Å². The summed E-state index contributed by atoms with van der Waals surface area (Å²) < 4.78 is 45.0. The summed E-state index contributed by atoms with van der Waals surface area (Å²) in [7, 11) is 0. The van der Waals surface area contributed by atoms with Crippen molar-refractivity contribution in [3.63, 3.8) is 0 Å². The molecule has 0 spiro atoms. The number of amides is 1. The minimum absolute atomic E-state index is 0.0349. The molecule has 0 radical (unpaired) electrons. The lowest BCUT2D eigenvalue weighted by Gasteiger charge is -2.43. The first-order chi connectivity index (χ1) is 13.3. The molecule has 29 heavy (non-hydrogen) atoms. The molecule has 0 bridgehead atoms. The van der Waals surface area contributed by atoms with Crippen molar-refractivity contribution < 1.29 is 22.7 Å². The summed E-state index contributed by atoms with van der Waals surface area (Å²) in [4.78, 5) is 20.8. The van der Waals surface area contributed by atoms with Gasteiger partial charge in [0, 0.05) is 25.2 Å². The maximum absolute atomic E-state index is 12.9. The van der Waals surface area contributed by atoms with Crippen molar-refractivity contribution in [3.05, 3.63) is 28.8 Å². The molecule has 1 aliphatic rings. The Hall–Kier alpha value is -1.87. The van der Waals surface area contributed by atoms with Gasteiger partial charge in [-0.05, 0) is 52.8 Å². The molecule has 2 aromatic rings. The smallest absolute Gasteiger partial charge is 0.416 e. The van der Waals surface area contributed by atoms with Gasteiger partial charge in [-0.2, -0.15) is 13.2 Å². The summed E-state index contributed by atoms with van der Waals surface area (Å²) in [5.41, 5.74) is -0.865. The highest BCUT2D eigenvalue weighted by molar-refractivity contribution is 7.18. The third kappa shape index (κ3) is 5.19. The van der Waals surface area contributed by atoms with Crippen LogP contribution < -0.4 is 0 Å². The van der Waals surface area contributed by atoms with Crippen LogP contribution >= 0.6 is 11.3 Å². The number of carbonyl (C=O) groups is 1. The number of ether oxygens (including phenoxy) is 1. The molecule has 1 amide bonds. The Morgan fingerprint density at radius 3 is 2.52 bits per heavy atom. The third-order valence-corrected chi connectivity index (χ3v) is 5.86. The number of hydrogen-bond acceptors (Lipinski definition) is 5. The van der Waals surface area contributed by atoms with Crippen LogP contribution in [-0.2, 0) is 17.5 Å². The molecule has 1 aromatic heterocycles. The number of carbonyl (C=O) groups excluding carboxylic acids is 1. The second-order valence-corrected chi connectivity index (χ2v) is 9.66. The molecule has 1 unspecified atom stereocenters. The van der Waals surface area contributed by atoms with E-state index in [9.17, 15) is 18.0 Å². The fourth-order valence-corrected chi connectivity index (χ4v) is 4.36. The van der Waals surface area contributed by atoms with Crippen molar-refractivity contribution in [2.45, 2.75) is 65.0 Å². The van der Waals surface area contributed by atoms with E-state index in [1.54, 1.807) is 4.90 Å². The zero-order chi connectivity index (χ0) is 21.6. The molecule has 160 valence electrons. The van der Waals surface area contributed by atoms with E-state index in [2.05, 4.69) is 9.88 Å². The highest BCUT2D eigenvalue weighted by atomic mass is 32.1. The van der Waals surface area contributed by atoms with Crippen LogP contribution in [0.15, 0.2) is 18.2 Å². The highest BCUT2D eigenvalue weighted by Crippen LogP contribution is 2.33. The molecule has 1 aliphatic heterocycles. The zero-order valence-corrected chi connectivity index (χ0v) is 18.0. The summed E-state index contributed by atoms with van der Waals surface area (Å²) in [5.74, 6) is 0. The standard InChI is InChI=1S/C20H26F3N3O2S/c1-12-10-26(18(27)28-19(3,4)5)13(2)9-25(12)11-17-24-15-8-14(20(21,22)23)6-7-16(15)29-17/h6-8,12-13H,9-11H2,1-5H3/t12-,13?/m0/s1. The molecule has 0 N–H and O–H groups in total. The van der Waals surface area contributed by atoms with Gasteiger partial charge in [0.25, 0.3) is 0 Å². The Balaban J connectivity index is 1.70. The summed E-state index contributed by atoms with van der Waals surface area (Å²) in [5, 5.41) is 0.768. The molecule has 2 atom stereocenters. The van der Waals surface area contributed by atoms with Gasteiger partial charge in [-0.1, -0.05) is 0 Å². The molecule has 1 saturated heterocycles. The van der Waals surface area contributed by atoms with Gasteiger partial charge in [0.1, 0.15) is 10.6 Å². The van der Waals surface area contributed by atoms with E-state index in [0.29, 0.717) is 25.2 Å². The average Bonchev–Trinajstić information content (AvgIpc) is 2.96. The summed E-state index contributed by atoms with van der Waals surface area (Å²) in [6, 6.07) is 3.71. The van der Waals surface area contributed by atoms with Crippen molar-refractivity contribution in [3.8, 4) is 0 Å². The summed E-state index contributed by atoms with van der Waals surface area (Å²) in [6.07, 6.45) is -4.70. The quantitative estimate of drug-likeness (QED) is 0.663. The Morgan fingerprint density at radius 2 is 1.90 bits per heavy atom. The molecule has 3 rings (SSSR count). The van der Waals surface area contributed by atoms with E-state index in [-0.39, 0.29) is 18.2 Å². The largest absolute Gasteiger partial charge is 0.444 e. The number of aromatic nitrogens is 1. The lowest BCUT2D eigenvalue weighted by Crippen LogP contribution is -2.58. The van der Waals surface area contributed by atoms with Gasteiger partial charge >= 0.3 is 12.3 Å². The molecule has 2 heterocycles. The number of fused-ring (bicyclic) bond motifs is 1. The first kappa shape index (κ1) is 21.8. The Labute approximate surface area is 172 Å². The minimum atomic E-state index is -4.38. The maximum Gasteiger partial charge on any atom is 0.416 e. The molecule has 1 fully saturated rings. The predicted octanol–water partition coefficient (Wildman–Crippen LogP) is 5.14. The van der Waals surface area contributed by atoms with Gasteiger partial charge in [0.2, 0.25) is 0 Å². The first-order valence-electron chi connectivity index (χ1n) is 9.54. The lowest BCUT2D eigenvalue weighted by atomic mass is 10.1. The van der Waals surface area contributed by atoms with Crippen molar-refractivity contribution >= 4 is 27.6 Å². The molecule has 9 heteroatoms. The number of nitrogens with zero attached hydrogens (tertiary/aromatic N) is 3. The number of rotatable bonds is 2. The molecular weight excluding hydrogens is 403 g/mol. The normalized spacial score (nSPS) is 21.6. The number of benzene rings is 1. The van der Waals surface area contributed by atoms with E-state index < -0.39 is 17.3 Å². The van der Waals surface area contributed by atoms with Crippen LogP contribution in [0, 0.1) is 0 Å². The molecule has 0 aliphatic carbocycles. The summed E-state index contributed by atoms with van der Waals surface area (Å²) in [6.45, 7) is 11.2. The van der Waals surface area contributed by atoms with Crippen LogP contribution in [0.2, 0.25) is 0 Å². The number of piperazine rings is 1. The molecule has 0 saturated carbocycles.